The second kappa shape index (κ2) is 4.49. The summed E-state index contributed by atoms with van der Waals surface area (Å²) >= 11 is 0. The second-order valence-electron chi connectivity index (χ2n) is 4.21. The third kappa shape index (κ3) is 2.14. The Labute approximate surface area is 95.9 Å². The minimum atomic E-state index is 0.483. The monoisotopic (exact) mass is 215 g/mol. The van der Waals surface area contributed by atoms with Gasteiger partial charge < -0.3 is 5.73 Å². The lowest BCUT2D eigenvalue weighted by Gasteiger charge is -2.07. The van der Waals surface area contributed by atoms with Gasteiger partial charge in [-0.3, -0.25) is 0 Å². The van der Waals surface area contributed by atoms with Gasteiger partial charge in [-0.25, -0.2) is 4.68 Å². The summed E-state index contributed by atoms with van der Waals surface area (Å²) in [5.74, 6) is 0.532. The molecule has 0 bridgehead atoms. The molecule has 0 aliphatic heterocycles. The smallest absolute Gasteiger partial charge is 0.0764 e. The highest BCUT2D eigenvalue weighted by Gasteiger charge is 2.03. The molecule has 0 amide bonds. The molecule has 0 radical (unpaired) electrons. The Kier molecular flexibility index (Phi) is 3.06. The molecule has 1 heterocycles. The first-order valence-electron chi connectivity index (χ1n) is 5.55. The largest absolute Gasteiger partial charge is 0.325 e. The number of rotatable bonds is 3. The summed E-state index contributed by atoms with van der Waals surface area (Å²) in [6.45, 7) is 4.86. The van der Waals surface area contributed by atoms with Gasteiger partial charge in [0.25, 0.3) is 0 Å². The summed E-state index contributed by atoms with van der Waals surface area (Å²) in [5, 5.41) is 4.39. The molecule has 0 unspecified atom stereocenters. The minimum Gasteiger partial charge on any atom is -0.325 e. The zero-order chi connectivity index (χ0) is 11.5. The summed E-state index contributed by atoms with van der Waals surface area (Å²) in [4.78, 5) is 0. The van der Waals surface area contributed by atoms with Gasteiger partial charge in [0.05, 0.1) is 11.4 Å². The van der Waals surface area contributed by atoms with Crippen LogP contribution >= 0.6 is 0 Å². The van der Waals surface area contributed by atoms with Crippen molar-refractivity contribution in [1.82, 2.24) is 9.78 Å². The lowest BCUT2D eigenvalue weighted by Crippen LogP contribution is -2.01. The van der Waals surface area contributed by atoms with E-state index in [9.17, 15) is 0 Å². The molecule has 2 N–H and O–H groups in total. The van der Waals surface area contributed by atoms with E-state index in [1.807, 2.05) is 16.9 Å². The van der Waals surface area contributed by atoms with Crippen LogP contribution in [0.5, 0.6) is 0 Å². The maximum atomic E-state index is 5.54. The van der Waals surface area contributed by atoms with Gasteiger partial charge in [-0.05, 0) is 29.7 Å². The van der Waals surface area contributed by atoms with Crippen LogP contribution in [0.25, 0.3) is 5.69 Å². The van der Waals surface area contributed by atoms with Gasteiger partial charge in [0.15, 0.2) is 0 Å². The van der Waals surface area contributed by atoms with Crippen molar-refractivity contribution in [3.05, 3.63) is 47.8 Å². The number of benzene rings is 1. The molecule has 0 saturated heterocycles. The fourth-order valence-electron chi connectivity index (χ4n) is 1.64. The van der Waals surface area contributed by atoms with Crippen LogP contribution in [0.15, 0.2) is 36.5 Å². The minimum absolute atomic E-state index is 0.483. The first kappa shape index (κ1) is 10.9. The molecule has 1 aromatic heterocycles. The Morgan fingerprint density at radius 3 is 2.75 bits per heavy atom. The van der Waals surface area contributed by atoms with Gasteiger partial charge >= 0.3 is 0 Å². The molecule has 84 valence electrons. The summed E-state index contributed by atoms with van der Waals surface area (Å²) in [6.07, 6.45) is 1.95. The number of hydrogen-bond acceptors (Lipinski definition) is 2. The van der Waals surface area contributed by atoms with E-state index in [0.717, 1.165) is 11.4 Å². The Balaban J connectivity index is 2.36. The topological polar surface area (TPSA) is 43.8 Å². The van der Waals surface area contributed by atoms with Gasteiger partial charge in [-0.2, -0.15) is 5.10 Å². The van der Waals surface area contributed by atoms with E-state index < -0.39 is 0 Å². The number of nitrogens with zero attached hydrogens (tertiary/aromatic N) is 2. The van der Waals surface area contributed by atoms with Crippen LogP contribution in [-0.2, 0) is 6.54 Å². The first-order chi connectivity index (χ1) is 7.70. The maximum Gasteiger partial charge on any atom is 0.0764 e. The molecule has 0 saturated carbocycles. The van der Waals surface area contributed by atoms with E-state index in [2.05, 4.69) is 43.2 Å². The molecule has 3 heteroatoms. The average Bonchev–Trinajstić information content (AvgIpc) is 2.77. The summed E-state index contributed by atoms with van der Waals surface area (Å²) in [5.41, 5.74) is 8.87. The molecular weight excluding hydrogens is 198 g/mol. The number of nitrogens with two attached hydrogens (primary N) is 1. The molecule has 2 aromatic rings. The predicted molar refractivity (Wildman–Crippen MR) is 65.5 cm³/mol. The quantitative estimate of drug-likeness (QED) is 0.854. The van der Waals surface area contributed by atoms with Crippen molar-refractivity contribution in [3.63, 3.8) is 0 Å². The standard InChI is InChI=1S/C13H17N3/c1-10(2)11-4-3-5-13(8-11)16-7-6-12(9-14)15-16/h3-8,10H,9,14H2,1-2H3. The van der Waals surface area contributed by atoms with Crippen molar-refractivity contribution in [2.24, 2.45) is 5.73 Å². The highest BCUT2D eigenvalue weighted by Crippen LogP contribution is 2.17. The summed E-state index contributed by atoms with van der Waals surface area (Å²) in [6, 6.07) is 10.4. The predicted octanol–water partition coefficient (Wildman–Crippen LogP) is 2.45. The van der Waals surface area contributed by atoms with E-state index >= 15 is 0 Å². The van der Waals surface area contributed by atoms with Gasteiger partial charge in [0.1, 0.15) is 0 Å². The average molecular weight is 215 g/mol. The molecule has 2 rings (SSSR count). The fraction of sp³-hybridized carbons (Fsp3) is 0.308. The molecule has 0 atom stereocenters. The van der Waals surface area contributed by atoms with Crippen LogP contribution < -0.4 is 5.73 Å². The van der Waals surface area contributed by atoms with E-state index in [0.29, 0.717) is 12.5 Å². The fourth-order valence-corrected chi connectivity index (χ4v) is 1.64. The molecular formula is C13H17N3. The van der Waals surface area contributed by atoms with Gasteiger partial charge in [-0.15, -0.1) is 0 Å². The summed E-state index contributed by atoms with van der Waals surface area (Å²) in [7, 11) is 0. The van der Waals surface area contributed by atoms with E-state index in [-0.39, 0.29) is 0 Å². The number of hydrogen-bond donors (Lipinski definition) is 1. The Morgan fingerprint density at radius 2 is 2.12 bits per heavy atom. The van der Waals surface area contributed by atoms with E-state index in [1.54, 1.807) is 0 Å². The molecule has 16 heavy (non-hydrogen) atoms. The van der Waals surface area contributed by atoms with Crippen LogP contribution in [0.1, 0.15) is 31.0 Å². The zero-order valence-electron chi connectivity index (χ0n) is 9.72. The van der Waals surface area contributed by atoms with E-state index in [1.165, 1.54) is 5.56 Å². The second-order valence-corrected chi connectivity index (χ2v) is 4.21. The zero-order valence-corrected chi connectivity index (χ0v) is 9.72. The molecule has 0 spiro atoms. The van der Waals surface area contributed by atoms with Gasteiger partial charge in [-0.1, -0.05) is 26.0 Å². The molecule has 0 aliphatic carbocycles. The van der Waals surface area contributed by atoms with Crippen molar-refractivity contribution in [2.45, 2.75) is 26.3 Å². The van der Waals surface area contributed by atoms with Crippen LogP contribution in [0.3, 0.4) is 0 Å². The van der Waals surface area contributed by atoms with Crippen molar-refractivity contribution >= 4 is 0 Å². The number of aromatic nitrogens is 2. The third-order valence-corrected chi connectivity index (χ3v) is 2.65. The van der Waals surface area contributed by atoms with Crippen LogP contribution in [-0.4, -0.2) is 9.78 Å². The van der Waals surface area contributed by atoms with Gasteiger partial charge in [0.2, 0.25) is 0 Å². The third-order valence-electron chi connectivity index (χ3n) is 2.65. The van der Waals surface area contributed by atoms with Crippen molar-refractivity contribution in [1.29, 1.82) is 0 Å². The first-order valence-corrected chi connectivity index (χ1v) is 5.55. The van der Waals surface area contributed by atoms with Crippen LogP contribution in [0.2, 0.25) is 0 Å². The molecule has 1 aromatic carbocycles. The molecule has 0 aliphatic rings. The molecule has 0 fully saturated rings. The van der Waals surface area contributed by atoms with Crippen LogP contribution in [0.4, 0.5) is 0 Å². The Morgan fingerprint density at radius 1 is 1.31 bits per heavy atom. The SMILES string of the molecule is CC(C)c1cccc(-n2ccc(CN)n2)c1. The van der Waals surface area contributed by atoms with Crippen molar-refractivity contribution < 1.29 is 0 Å². The van der Waals surface area contributed by atoms with Crippen molar-refractivity contribution in [2.75, 3.05) is 0 Å². The normalized spacial score (nSPS) is 11.0. The highest BCUT2D eigenvalue weighted by atomic mass is 15.3. The lowest BCUT2D eigenvalue weighted by atomic mass is 10.0. The molecule has 3 nitrogen and oxygen atoms in total. The lowest BCUT2D eigenvalue weighted by molar-refractivity contribution is 0.821. The van der Waals surface area contributed by atoms with Crippen molar-refractivity contribution in [3.8, 4) is 5.69 Å². The van der Waals surface area contributed by atoms with Crippen LogP contribution in [0, 0.1) is 0 Å². The maximum absolute atomic E-state index is 5.54. The highest BCUT2D eigenvalue weighted by molar-refractivity contribution is 5.36. The Hall–Kier alpha value is -1.61. The van der Waals surface area contributed by atoms with E-state index in [4.69, 9.17) is 5.73 Å². The van der Waals surface area contributed by atoms with Gasteiger partial charge in [0, 0.05) is 12.7 Å². The Bertz CT molecular complexity index is 472. The summed E-state index contributed by atoms with van der Waals surface area (Å²) < 4.78 is 1.87.